The van der Waals surface area contributed by atoms with Gasteiger partial charge >= 0.3 is 5.97 Å². The molecule has 2 nitrogen and oxygen atoms in total. The fourth-order valence-electron chi connectivity index (χ4n) is 4.24. The molecule has 40 heavy (non-hydrogen) atoms. The molecule has 0 aliphatic carbocycles. The average molecular weight is 729 g/mol. The molecule has 0 aromatic rings. The predicted molar refractivity (Wildman–Crippen MR) is 192 cm³/mol. The number of hydrogen-bond acceptors (Lipinski definition) is 5. The van der Waals surface area contributed by atoms with Crippen molar-refractivity contribution < 1.29 is 9.53 Å². The molecule has 0 aliphatic heterocycles. The molecule has 0 aromatic heterocycles. The van der Waals surface area contributed by atoms with E-state index in [1.54, 1.807) is 0 Å². The van der Waals surface area contributed by atoms with E-state index in [0.717, 1.165) is 30.3 Å². The zero-order valence-corrected chi connectivity index (χ0v) is 32.5. The molecule has 0 atom stereocenters. The van der Waals surface area contributed by atoms with Gasteiger partial charge in [0.25, 0.3) is 0 Å². The van der Waals surface area contributed by atoms with Crippen molar-refractivity contribution in [3.8, 4) is 0 Å². The average Bonchev–Trinajstić information content (AvgIpc) is 2.93. The van der Waals surface area contributed by atoms with Crippen molar-refractivity contribution in [2.75, 3.05) is 23.9 Å². The summed E-state index contributed by atoms with van der Waals surface area (Å²) in [6.45, 7) is 9.54. The van der Waals surface area contributed by atoms with Crippen molar-refractivity contribution in [1.29, 1.82) is 0 Å². The van der Waals surface area contributed by atoms with Crippen LogP contribution in [0.3, 0.4) is 0 Å². The summed E-state index contributed by atoms with van der Waals surface area (Å²) in [4.78, 5) is 10.7. The maximum absolute atomic E-state index is 10.7. The monoisotopic (exact) mass is 727 g/mol. The maximum Gasteiger partial charge on any atom is 0.315 e. The normalized spacial score (nSPS) is 10.3. The molecule has 0 aliphatic rings. The minimum Gasteiger partial charge on any atom is -0.793 e. The topological polar surface area (TPSA) is 26.3 Å². The molecule has 0 rings (SSSR count). The molecule has 243 valence electrons. The largest absolute Gasteiger partial charge is 0.793 e. The summed E-state index contributed by atoms with van der Waals surface area (Å²) >= 11 is 13.6. The Morgan fingerprint density at radius 2 is 0.900 bits per heavy atom. The number of unbranched alkanes of at least 4 members (excludes halogenated alkanes) is 20. The van der Waals surface area contributed by atoms with Gasteiger partial charge in [0.1, 0.15) is 0 Å². The number of carbonyl (C=O) groups excluding carboxylic acids is 1. The third-order valence-corrected chi connectivity index (χ3v) is 7.65. The molecule has 0 aromatic carbocycles. The van der Waals surface area contributed by atoms with Gasteiger partial charge in [-0.15, -0.1) is 0 Å². The van der Waals surface area contributed by atoms with Crippen LogP contribution < -0.4 is 0 Å². The van der Waals surface area contributed by atoms with E-state index in [4.69, 9.17) is 30.0 Å². The van der Waals surface area contributed by atoms with Crippen LogP contribution in [0.15, 0.2) is 0 Å². The van der Waals surface area contributed by atoms with Crippen molar-refractivity contribution >= 4 is 68.3 Å². The Bertz CT molecular complexity index is 384. The summed E-state index contributed by atoms with van der Waals surface area (Å²) in [5.74, 6) is 2.66. The summed E-state index contributed by atoms with van der Waals surface area (Å²) in [5, 5.41) is 0. The van der Waals surface area contributed by atoms with Crippen LogP contribution in [0.2, 0.25) is 0 Å². The molecular formula is C34H70O2S3Sb-2. The molecule has 0 unspecified atom stereocenters. The second kappa shape index (κ2) is 47.3. The second-order valence-corrected chi connectivity index (χ2v) is 12.5. The van der Waals surface area contributed by atoms with Crippen LogP contribution in [0, 0.1) is 5.92 Å². The van der Waals surface area contributed by atoms with Crippen molar-refractivity contribution in [3.05, 3.63) is 0 Å². The molecular weight excluding hydrogens is 658 g/mol. The summed E-state index contributed by atoms with van der Waals surface area (Å²) in [6, 6.07) is 0. The van der Waals surface area contributed by atoms with E-state index in [-0.39, 0.29) is 36.2 Å². The molecule has 0 N–H and O–H groups in total. The SMILES string of the molecule is CC(C)CCCCCOC(=O)CS.CCCCCCCCCCCC[S-].CCCCCCCCCCCC[S-].[Sb]. The fraction of sp³-hybridized carbons (Fsp3) is 0.971. The number of carbonyl (C=O) groups is 1. The standard InChI is InChI=1S/2C12H26S.C10H20O2S.Sb/c2*1-2-3-4-5-6-7-8-9-10-11-12-13;1-9(2)6-4-3-5-7-12-10(11)8-13;/h2*13H,2-12H2,1H3;9,13H,3-8H2,1-2H3;/p-2. The third-order valence-electron chi connectivity index (χ3n) is 6.81. The molecule has 0 spiro atoms. The van der Waals surface area contributed by atoms with Crippen LogP contribution in [-0.4, -0.2) is 54.3 Å². The van der Waals surface area contributed by atoms with Gasteiger partial charge in [-0.3, -0.25) is 4.79 Å². The van der Waals surface area contributed by atoms with Crippen LogP contribution in [0.4, 0.5) is 0 Å². The molecule has 0 saturated heterocycles. The smallest absolute Gasteiger partial charge is 0.315 e. The van der Waals surface area contributed by atoms with E-state index < -0.39 is 0 Å². The van der Waals surface area contributed by atoms with Gasteiger partial charge in [-0.1, -0.05) is 175 Å². The van der Waals surface area contributed by atoms with Crippen molar-refractivity contribution in [3.63, 3.8) is 0 Å². The van der Waals surface area contributed by atoms with E-state index in [2.05, 4.69) is 40.3 Å². The van der Waals surface area contributed by atoms with Gasteiger partial charge in [-0.05, 0) is 12.3 Å². The Hall–Kier alpha value is 1.34. The first-order valence-electron chi connectivity index (χ1n) is 16.9. The Labute approximate surface area is 287 Å². The summed E-state index contributed by atoms with van der Waals surface area (Å²) in [7, 11) is 0. The van der Waals surface area contributed by atoms with Gasteiger partial charge in [-0.25, -0.2) is 0 Å². The van der Waals surface area contributed by atoms with E-state index >= 15 is 0 Å². The molecule has 0 bridgehead atoms. The first kappa shape index (κ1) is 48.2. The van der Waals surface area contributed by atoms with Crippen molar-refractivity contribution in [1.82, 2.24) is 0 Å². The van der Waals surface area contributed by atoms with Gasteiger partial charge in [0.2, 0.25) is 0 Å². The number of rotatable bonds is 27. The zero-order valence-electron chi connectivity index (χ0n) is 27.4. The van der Waals surface area contributed by atoms with E-state index in [9.17, 15) is 4.79 Å². The van der Waals surface area contributed by atoms with Crippen LogP contribution >= 0.6 is 12.6 Å². The van der Waals surface area contributed by atoms with Gasteiger partial charge < -0.3 is 30.0 Å². The summed E-state index contributed by atoms with van der Waals surface area (Å²) < 4.78 is 4.88. The predicted octanol–water partition coefficient (Wildman–Crippen LogP) is 11.2. The van der Waals surface area contributed by atoms with E-state index in [1.807, 2.05) is 0 Å². The Morgan fingerprint density at radius 1 is 0.575 bits per heavy atom. The quantitative estimate of drug-likeness (QED) is 0.0299. The Morgan fingerprint density at radius 3 is 1.20 bits per heavy atom. The van der Waals surface area contributed by atoms with Gasteiger partial charge in [0, 0.05) is 24.4 Å². The van der Waals surface area contributed by atoms with Crippen LogP contribution in [0.1, 0.15) is 182 Å². The minimum atomic E-state index is -0.216. The van der Waals surface area contributed by atoms with Gasteiger partial charge in [0.05, 0.1) is 12.4 Å². The molecule has 6 heteroatoms. The molecule has 0 fully saturated rings. The summed E-state index contributed by atoms with van der Waals surface area (Å²) in [5.41, 5.74) is 0. The Kier molecular flexibility index (Phi) is 57.0. The second-order valence-electron chi connectivity index (χ2n) is 11.4. The molecule has 0 heterocycles. The van der Waals surface area contributed by atoms with E-state index in [0.29, 0.717) is 6.61 Å². The van der Waals surface area contributed by atoms with Gasteiger partial charge in [-0.2, -0.15) is 24.1 Å². The zero-order chi connectivity index (χ0) is 29.7. The minimum absolute atomic E-state index is 0. The number of thiol groups is 1. The van der Waals surface area contributed by atoms with Crippen molar-refractivity contribution in [2.24, 2.45) is 5.92 Å². The number of ether oxygens (including phenoxy) is 1. The van der Waals surface area contributed by atoms with Crippen LogP contribution in [0.5, 0.6) is 0 Å². The van der Waals surface area contributed by atoms with Gasteiger partial charge in [0.15, 0.2) is 0 Å². The first-order valence-corrected chi connectivity index (χ1v) is 18.7. The molecule has 0 saturated carbocycles. The molecule has 0 amide bonds. The molecule has 3 radical (unpaired) electrons. The summed E-state index contributed by atoms with van der Waals surface area (Å²) in [6.07, 6.45) is 32.7. The third kappa shape index (κ3) is 55.3. The van der Waals surface area contributed by atoms with E-state index in [1.165, 1.54) is 141 Å². The fourth-order valence-corrected chi connectivity index (χ4v) is 4.74. The first-order chi connectivity index (χ1) is 19.0. The van der Waals surface area contributed by atoms with Crippen LogP contribution in [-0.2, 0) is 34.8 Å². The Balaban J connectivity index is -0.000000240. The number of hydrogen-bond donors (Lipinski definition) is 1. The maximum atomic E-state index is 10.7. The number of esters is 1. The van der Waals surface area contributed by atoms with Crippen LogP contribution in [0.25, 0.3) is 0 Å². The van der Waals surface area contributed by atoms with Crippen molar-refractivity contribution in [2.45, 2.75) is 182 Å².